The molecule has 0 unspecified atom stereocenters. The number of nitrogens with one attached hydrogen (secondary N) is 2. The Labute approximate surface area is 180 Å². The van der Waals surface area contributed by atoms with Crippen molar-refractivity contribution in [3.8, 4) is 0 Å². The number of methoxy groups -OCH3 is 1. The Morgan fingerprint density at radius 1 is 1.07 bits per heavy atom. The third kappa shape index (κ3) is 5.37. The maximum atomic E-state index is 12.7. The molecule has 2 N–H and O–H groups in total. The fourth-order valence-corrected chi connectivity index (χ4v) is 4.78. The summed E-state index contributed by atoms with van der Waals surface area (Å²) >= 11 is 5.83. The monoisotopic (exact) mass is 452 g/mol. The zero-order valence-electron chi connectivity index (χ0n) is 16.4. The lowest BCUT2D eigenvalue weighted by Gasteiger charge is -2.31. The second kappa shape index (κ2) is 9.57. The van der Waals surface area contributed by atoms with Gasteiger partial charge in [-0.15, -0.1) is 0 Å². The van der Waals surface area contributed by atoms with Crippen molar-refractivity contribution in [1.29, 1.82) is 0 Å². The Balaban J connectivity index is 1.51. The highest BCUT2D eigenvalue weighted by Crippen LogP contribution is 2.18. The molecule has 0 saturated carbocycles. The number of quaternary nitrogens is 1. The summed E-state index contributed by atoms with van der Waals surface area (Å²) in [6.07, 6.45) is 0. The Morgan fingerprint density at radius 3 is 2.23 bits per heavy atom. The topological polar surface area (TPSA) is 97.2 Å². The van der Waals surface area contributed by atoms with E-state index in [4.69, 9.17) is 11.6 Å². The molecule has 1 amide bonds. The molecule has 1 saturated heterocycles. The Bertz CT molecular complexity index is 1000. The number of nitrogens with zero attached hydrogens (tertiary/aromatic N) is 1. The number of anilines is 1. The fraction of sp³-hybridized carbons (Fsp3) is 0.300. The van der Waals surface area contributed by atoms with Crippen molar-refractivity contribution >= 4 is 39.2 Å². The predicted octanol–water partition coefficient (Wildman–Crippen LogP) is 0.655. The Morgan fingerprint density at radius 2 is 1.67 bits per heavy atom. The smallest absolute Gasteiger partial charge is 0.337 e. The lowest BCUT2D eigenvalue weighted by atomic mass is 10.2. The maximum absolute atomic E-state index is 12.7. The molecular weight excluding hydrogens is 430 g/mol. The van der Waals surface area contributed by atoms with Crippen molar-refractivity contribution in [2.24, 2.45) is 0 Å². The quantitative estimate of drug-likeness (QED) is 0.627. The fourth-order valence-electron chi connectivity index (χ4n) is 3.21. The van der Waals surface area contributed by atoms with Crippen molar-refractivity contribution in [3.63, 3.8) is 0 Å². The van der Waals surface area contributed by atoms with Gasteiger partial charge in [-0.05, 0) is 48.5 Å². The number of carbonyl (C=O) groups excluding carboxylic acids is 2. The summed E-state index contributed by atoms with van der Waals surface area (Å²) in [5, 5.41) is 3.27. The van der Waals surface area contributed by atoms with E-state index in [1.165, 1.54) is 23.5 Å². The van der Waals surface area contributed by atoms with E-state index in [2.05, 4.69) is 10.1 Å². The highest BCUT2D eigenvalue weighted by molar-refractivity contribution is 7.89. The average Bonchev–Trinajstić information content (AvgIpc) is 2.74. The van der Waals surface area contributed by atoms with E-state index >= 15 is 0 Å². The number of sulfonamides is 1. The molecular formula is C20H23ClN3O5S+. The van der Waals surface area contributed by atoms with E-state index in [1.807, 2.05) is 0 Å². The first-order chi connectivity index (χ1) is 14.3. The van der Waals surface area contributed by atoms with Gasteiger partial charge in [-0.25, -0.2) is 13.2 Å². The van der Waals surface area contributed by atoms with E-state index < -0.39 is 16.0 Å². The number of carbonyl (C=O) groups is 2. The predicted molar refractivity (Wildman–Crippen MR) is 112 cm³/mol. The van der Waals surface area contributed by atoms with Gasteiger partial charge < -0.3 is 15.0 Å². The van der Waals surface area contributed by atoms with Crippen LogP contribution >= 0.6 is 11.6 Å². The second-order valence-electron chi connectivity index (χ2n) is 6.90. The third-order valence-corrected chi connectivity index (χ3v) is 7.05. The number of esters is 1. The van der Waals surface area contributed by atoms with Gasteiger partial charge in [-0.3, -0.25) is 4.79 Å². The normalized spacial score (nSPS) is 15.5. The Hall–Kier alpha value is -2.46. The van der Waals surface area contributed by atoms with Crippen LogP contribution in [0.5, 0.6) is 0 Å². The number of hydrogen-bond acceptors (Lipinski definition) is 5. The molecule has 3 rings (SSSR count). The zero-order valence-corrected chi connectivity index (χ0v) is 18.0. The standard InChI is InChI=1S/C20H22ClN3O5S/c1-29-20(26)15-2-6-17(7-3-15)22-19(25)14-23-10-12-24(13-11-23)30(27,28)18-8-4-16(21)5-9-18/h2-9H,10-14H2,1H3,(H,22,25)/p+1. The molecule has 1 aliphatic rings. The largest absolute Gasteiger partial charge is 0.465 e. The number of hydrogen-bond donors (Lipinski definition) is 2. The van der Waals surface area contributed by atoms with Gasteiger partial charge in [0.25, 0.3) is 5.91 Å². The van der Waals surface area contributed by atoms with Crippen molar-refractivity contribution in [3.05, 3.63) is 59.1 Å². The number of rotatable bonds is 6. The summed E-state index contributed by atoms with van der Waals surface area (Å²) in [7, 11) is -2.26. The summed E-state index contributed by atoms with van der Waals surface area (Å²) in [6.45, 7) is 1.96. The Kier molecular flexibility index (Phi) is 7.09. The van der Waals surface area contributed by atoms with E-state index in [1.54, 1.807) is 36.4 Å². The maximum Gasteiger partial charge on any atom is 0.337 e. The highest BCUT2D eigenvalue weighted by Gasteiger charge is 2.31. The SMILES string of the molecule is COC(=O)c1ccc(NC(=O)C[NH+]2CCN(S(=O)(=O)c3ccc(Cl)cc3)CC2)cc1. The molecule has 10 heteroatoms. The van der Waals surface area contributed by atoms with E-state index in [-0.39, 0.29) is 17.3 Å². The molecule has 2 aromatic rings. The van der Waals surface area contributed by atoms with Crippen molar-refractivity contribution in [1.82, 2.24) is 4.31 Å². The van der Waals surface area contributed by atoms with Crippen LogP contribution in [0.15, 0.2) is 53.4 Å². The summed E-state index contributed by atoms with van der Waals surface area (Å²) < 4.78 is 31.5. The molecule has 0 atom stereocenters. The molecule has 0 aliphatic carbocycles. The van der Waals surface area contributed by atoms with Crippen LogP contribution in [0.3, 0.4) is 0 Å². The van der Waals surface area contributed by atoms with Gasteiger partial charge in [0.2, 0.25) is 10.0 Å². The zero-order chi connectivity index (χ0) is 21.7. The lowest BCUT2D eigenvalue weighted by Crippen LogP contribution is -3.15. The highest BCUT2D eigenvalue weighted by atomic mass is 35.5. The van der Waals surface area contributed by atoms with E-state index in [0.717, 1.165) is 4.90 Å². The van der Waals surface area contributed by atoms with Gasteiger partial charge in [-0.1, -0.05) is 11.6 Å². The minimum Gasteiger partial charge on any atom is -0.465 e. The van der Waals surface area contributed by atoms with Crippen LogP contribution < -0.4 is 10.2 Å². The second-order valence-corrected chi connectivity index (χ2v) is 9.28. The van der Waals surface area contributed by atoms with Gasteiger partial charge in [0.05, 0.1) is 43.7 Å². The molecule has 0 radical (unpaired) electrons. The molecule has 1 fully saturated rings. The van der Waals surface area contributed by atoms with Gasteiger partial charge in [0.1, 0.15) is 0 Å². The molecule has 0 spiro atoms. The van der Waals surface area contributed by atoms with Gasteiger partial charge in [0.15, 0.2) is 6.54 Å². The number of piperazine rings is 1. The van der Waals surface area contributed by atoms with E-state index in [0.29, 0.717) is 42.5 Å². The van der Waals surface area contributed by atoms with Crippen LogP contribution in [-0.2, 0) is 19.6 Å². The van der Waals surface area contributed by atoms with Crippen LogP contribution in [0.2, 0.25) is 5.02 Å². The summed E-state index contributed by atoms with van der Waals surface area (Å²) in [5.41, 5.74) is 0.982. The minimum absolute atomic E-state index is 0.176. The number of ether oxygens (including phenoxy) is 1. The first kappa shape index (κ1) is 22.2. The molecule has 1 heterocycles. The minimum atomic E-state index is -3.57. The van der Waals surface area contributed by atoms with Crippen LogP contribution in [0.1, 0.15) is 10.4 Å². The van der Waals surface area contributed by atoms with Crippen molar-refractivity contribution in [2.75, 3.05) is 45.2 Å². The number of amides is 1. The third-order valence-electron chi connectivity index (χ3n) is 4.88. The molecule has 0 aromatic heterocycles. The summed E-state index contributed by atoms with van der Waals surface area (Å²) in [5.74, 6) is -0.617. The lowest BCUT2D eigenvalue weighted by molar-refractivity contribution is -0.895. The molecule has 1 aliphatic heterocycles. The van der Waals surface area contributed by atoms with Crippen molar-refractivity contribution in [2.45, 2.75) is 4.90 Å². The molecule has 2 aromatic carbocycles. The first-order valence-electron chi connectivity index (χ1n) is 9.37. The first-order valence-corrected chi connectivity index (χ1v) is 11.2. The summed E-state index contributed by atoms with van der Waals surface area (Å²) in [4.78, 5) is 25.0. The van der Waals surface area contributed by atoms with Crippen LogP contribution in [0.25, 0.3) is 0 Å². The number of halogens is 1. The van der Waals surface area contributed by atoms with Crippen LogP contribution in [0.4, 0.5) is 5.69 Å². The number of benzene rings is 2. The summed E-state index contributed by atoms with van der Waals surface area (Å²) in [6, 6.07) is 12.5. The molecule has 0 bridgehead atoms. The van der Waals surface area contributed by atoms with E-state index in [9.17, 15) is 18.0 Å². The average molecular weight is 453 g/mol. The van der Waals surface area contributed by atoms with Gasteiger partial charge >= 0.3 is 5.97 Å². The van der Waals surface area contributed by atoms with Crippen LogP contribution in [0, 0.1) is 0 Å². The molecule has 160 valence electrons. The van der Waals surface area contributed by atoms with Crippen molar-refractivity contribution < 1.29 is 27.6 Å². The molecule has 30 heavy (non-hydrogen) atoms. The van der Waals surface area contributed by atoms with Gasteiger partial charge in [-0.2, -0.15) is 4.31 Å². The van der Waals surface area contributed by atoms with Gasteiger partial charge in [0, 0.05) is 10.7 Å². The van der Waals surface area contributed by atoms with Crippen LogP contribution in [-0.4, -0.2) is 64.4 Å². The molecule has 8 nitrogen and oxygen atoms in total.